The molecule has 0 saturated heterocycles. The van der Waals surface area contributed by atoms with Crippen molar-refractivity contribution in [3.05, 3.63) is 59.7 Å². The fourth-order valence-corrected chi connectivity index (χ4v) is 2.18. The van der Waals surface area contributed by atoms with Crippen LogP contribution in [0.4, 0.5) is 5.69 Å². The van der Waals surface area contributed by atoms with Crippen LogP contribution >= 0.6 is 0 Å². The first-order chi connectivity index (χ1) is 10.4. The summed E-state index contributed by atoms with van der Waals surface area (Å²) in [5, 5.41) is 14.8. The van der Waals surface area contributed by atoms with E-state index < -0.39 is 21.0 Å². The molecule has 9 heteroatoms. The molecule has 0 aliphatic heterocycles. The molecule has 2 aromatic carbocycles. The molecule has 23 heavy (non-hydrogen) atoms. The Labute approximate surface area is 155 Å². The summed E-state index contributed by atoms with van der Waals surface area (Å²) in [6.07, 6.45) is 1.43. The number of hydrogen-bond acceptors (Lipinski definition) is 6. The van der Waals surface area contributed by atoms with Gasteiger partial charge in [0, 0.05) is 5.56 Å². The second-order valence-electron chi connectivity index (χ2n) is 4.25. The molecule has 0 atom stereocenters. The van der Waals surface area contributed by atoms with Crippen LogP contribution in [0.5, 0.6) is 0 Å². The van der Waals surface area contributed by atoms with Crippen molar-refractivity contribution in [3.8, 4) is 0 Å². The van der Waals surface area contributed by atoms with Gasteiger partial charge in [0.2, 0.25) is 0 Å². The minimum Gasteiger partial charge on any atom is -0.545 e. The molecule has 7 nitrogen and oxygen atoms in total. The van der Waals surface area contributed by atoms with Gasteiger partial charge in [0.05, 0.1) is 22.8 Å². The number of aromatic carboxylic acids is 1. The van der Waals surface area contributed by atoms with Crippen LogP contribution in [0.25, 0.3) is 0 Å². The summed E-state index contributed by atoms with van der Waals surface area (Å²) < 4.78 is 31.2. The zero-order chi connectivity index (χ0) is 16.2. The van der Waals surface area contributed by atoms with Crippen LogP contribution < -0.4 is 40.1 Å². The number of carbonyl (C=O) groups is 1. The van der Waals surface area contributed by atoms with Gasteiger partial charge in [-0.2, -0.15) is 13.5 Å². The van der Waals surface area contributed by atoms with E-state index in [1.165, 1.54) is 6.21 Å². The number of carboxylic acid groups (broad SMARTS) is 1. The van der Waals surface area contributed by atoms with Gasteiger partial charge >= 0.3 is 29.6 Å². The number of anilines is 1. The van der Waals surface area contributed by atoms with Crippen molar-refractivity contribution in [3.63, 3.8) is 0 Å². The first kappa shape index (κ1) is 19.3. The fourth-order valence-electron chi connectivity index (χ4n) is 1.67. The number of nitrogens with one attached hydrogen (secondary N) is 1. The minimum atomic E-state index is -4.45. The maximum atomic E-state index is 11.1. The number of carbonyl (C=O) groups excluding carboxylic acids is 1. The molecular weight excluding hydrogens is 331 g/mol. The van der Waals surface area contributed by atoms with Gasteiger partial charge in [-0.15, -0.1) is 0 Å². The molecule has 0 aliphatic carbocycles. The zero-order valence-corrected chi connectivity index (χ0v) is 14.9. The molecule has 0 heterocycles. The van der Waals surface area contributed by atoms with Crippen LogP contribution in [-0.4, -0.2) is 25.2 Å². The molecule has 0 unspecified atom stereocenters. The Morgan fingerprint density at radius 1 is 1.17 bits per heavy atom. The molecule has 0 fully saturated rings. The molecule has 0 saturated carbocycles. The van der Waals surface area contributed by atoms with Gasteiger partial charge < -0.3 is 9.90 Å². The van der Waals surface area contributed by atoms with Crippen LogP contribution in [0.1, 0.15) is 15.9 Å². The van der Waals surface area contributed by atoms with E-state index in [-0.39, 0.29) is 40.8 Å². The summed E-state index contributed by atoms with van der Waals surface area (Å²) in [5.41, 5.74) is 2.80. The van der Waals surface area contributed by atoms with Crippen LogP contribution in [0.2, 0.25) is 0 Å². The number of rotatable bonds is 5. The van der Waals surface area contributed by atoms with Crippen LogP contribution in [0, 0.1) is 0 Å². The van der Waals surface area contributed by atoms with Gasteiger partial charge in [-0.05, 0) is 23.8 Å². The number of benzene rings is 2. The SMILES string of the molecule is O=C([O-])c1ccc(S(=O)(=O)O)cc1NN=Cc1ccccc1.[Na+]. The molecule has 0 radical (unpaired) electrons. The second-order valence-corrected chi connectivity index (χ2v) is 5.67. The molecule has 2 N–H and O–H groups in total. The maximum Gasteiger partial charge on any atom is 1.00 e. The van der Waals surface area contributed by atoms with Crippen molar-refractivity contribution in [1.29, 1.82) is 0 Å². The third-order valence-electron chi connectivity index (χ3n) is 2.71. The Morgan fingerprint density at radius 3 is 2.39 bits per heavy atom. The van der Waals surface area contributed by atoms with E-state index in [1.54, 1.807) is 24.3 Å². The summed E-state index contributed by atoms with van der Waals surface area (Å²) in [4.78, 5) is 10.6. The molecule has 0 aliphatic rings. The number of hydrazone groups is 1. The van der Waals surface area contributed by atoms with E-state index in [0.29, 0.717) is 0 Å². The summed E-state index contributed by atoms with van der Waals surface area (Å²) in [6.45, 7) is 0. The molecule has 2 rings (SSSR count). The summed E-state index contributed by atoms with van der Waals surface area (Å²) in [6, 6.07) is 11.9. The fraction of sp³-hybridized carbons (Fsp3) is 0. The number of hydrogen-bond donors (Lipinski definition) is 2. The molecule has 2 aromatic rings. The van der Waals surface area contributed by atoms with Crippen LogP contribution in [-0.2, 0) is 10.1 Å². The largest absolute Gasteiger partial charge is 1.00 e. The van der Waals surface area contributed by atoms with Gasteiger partial charge in [0.15, 0.2) is 0 Å². The van der Waals surface area contributed by atoms with E-state index >= 15 is 0 Å². The molecule has 0 bridgehead atoms. The van der Waals surface area contributed by atoms with E-state index in [2.05, 4.69) is 10.5 Å². The monoisotopic (exact) mass is 342 g/mol. The van der Waals surface area contributed by atoms with Gasteiger partial charge in [-0.3, -0.25) is 9.98 Å². The van der Waals surface area contributed by atoms with Gasteiger partial charge in [-0.25, -0.2) is 0 Å². The first-order valence-electron chi connectivity index (χ1n) is 6.05. The van der Waals surface area contributed by atoms with E-state index in [9.17, 15) is 18.3 Å². The Kier molecular flexibility index (Phi) is 6.92. The predicted molar refractivity (Wildman–Crippen MR) is 78.2 cm³/mol. The molecule has 0 aromatic heterocycles. The Balaban J connectivity index is 0.00000264. The van der Waals surface area contributed by atoms with E-state index in [0.717, 1.165) is 23.8 Å². The topological polar surface area (TPSA) is 119 Å². The Hall–Kier alpha value is -1.71. The quantitative estimate of drug-likeness (QED) is 0.274. The zero-order valence-electron chi connectivity index (χ0n) is 12.1. The van der Waals surface area contributed by atoms with E-state index in [4.69, 9.17) is 4.55 Å². The predicted octanol–water partition coefficient (Wildman–Crippen LogP) is -2.25. The third-order valence-corrected chi connectivity index (χ3v) is 3.56. The van der Waals surface area contributed by atoms with Crippen molar-refractivity contribution in [2.75, 3.05) is 5.43 Å². The average molecular weight is 342 g/mol. The summed E-state index contributed by atoms with van der Waals surface area (Å²) in [5.74, 6) is -1.50. The normalized spacial score (nSPS) is 11.0. The molecule has 0 amide bonds. The molecular formula is C14H11N2NaO5S. The van der Waals surface area contributed by atoms with Crippen molar-refractivity contribution < 1.29 is 52.4 Å². The van der Waals surface area contributed by atoms with Crippen molar-refractivity contribution in [1.82, 2.24) is 0 Å². The number of nitrogens with zero attached hydrogens (tertiary/aromatic N) is 1. The van der Waals surface area contributed by atoms with Gasteiger partial charge in [0.1, 0.15) is 0 Å². The minimum absolute atomic E-state index is 0. The summed E-state index contributed by atoms with van der Waals surface area (Å²) >= 11 is 0. The van der Waals surface area contributed by atoms with Gasteiger partial charge in [-0.1, -0.05) is 30.3 Å². The second kappa shape index (κ2) is 8.23. The summed E-state index contributed by atoms with van der Waals surface area (Å²) in [7, 11) is -4.45. The van der Waals surface area contributed by atoms with Crippen LogP contribution in [0.3, 0.4) is 0 Å². The van der Waals surface area contributed by atoms with E-state index in [1.807, 2.05) is 6.07 Å². The van der Waals surface area contributed by atoms with Gasteiger partial charge in [0.25, 0.3) is 10.1 Å². The van der Waals surface area contributed by atoms with Crippen molar-refractivity contribution >= 4 is 28.0 Å². The average Bonchev–Trinajstić information content (AvgIpc) is 2.47. The third kappa shape index (κ3) is 5.45. The van der Waals surface area contributed by atoms with Crippen LogP contribution in [0.15, 0.2) is 58.5 Å². The standard InChI is InChI=1S/C14H12N2O5S.Na/c17-14(18)12-7-6-11(22(19,20)21)8-13(12)16-15-9-10-4-2-1-3-5-10;/h1-9,16H,(H,17,18)(H,19,20,21);/q;+1/p-1. The van der Waals surface area contributed by atoms with Crippen molar-refractivity contribution in [2.24, 2.45) is 5.10 Å². The maximum absolute atomic E-state index is 11.1. The number of carboxylic acids is 1. The first-order valence-corrected chi connectivity index (χ1v) is 7.49. The molecule has 114 valence electrons. The Bertz CT molecular complexity index is 822. The molecule has 0 spiro atoms. The smallest absolute Gasteiger partial charge is 0.545 e. The Morgan fingerprint density at radius 2 is 1.83 bits per heavy atom. The van der Waals surface area contributed by atoms with Crippen molar-refractivity contribution in [2.45, 2.75) is 4.90 Å².